The van der Waals surface area contributed by atoms with Gasteiger partial charge in [-0.25, -0.2) is 0 Å². The number of carbonyl (C=O) groups excluding carboxylic acids is 1. The Morgan fingerprint density at radius 3 is 2.48 bits per heavy atom. The van der Waals surface area contributed by atoms with Gasteiger partial charge in [0.05, 0.1) is 0 Å². The number of amides is 1. The van der Waals surface area contributed by atoms with Gasteiger partial charge in [-0.15, -0.1) is 0 Å². The standard InChI is InChI=1S/C18H20N2O/c19-16-9-4-6-14(12-16)17(21)20-13-18(10-5-11-18)15-7-2-1-3-8-15/h1-4,6-9,12H,5,10-11,13,19H2,(H,20,21). The van der Waals surface area contributed by atoms with Crippen molar-refractivity contribution in [3.63, 3.8) is 0 Å². The van der Waals surface area contributed by atoms with Crippen LogP contribution in [-0.4, -0.2) is 12.5 Å². The summed E-state index contributed by atoms with van der Waals surface area (Å²) >= 11 is 0. The molecular formula is C18H20N2O. The molecule has 108 valence electrons. The molecule has 1 aliphatic rings. The van der Waals surface area contributed by atoms with E-state index < -0.39 is 0 Å². The molecule has 0 heterocycles. The fourth-order valence-electron chi connectivity index (χ4n) is 2.99. The lowest BCUT2D eigenvalue weighted by Gasteiger charge is -2.42. The van der Waals surface area contributed by atoms with Gasteiger partial charge in [-0.05, 0) is 36.6 Å². The monoisotopic (exact) mass is 280 g/mol. The molecule has 3 rings (SSSR count). The maximum absolute atomic E-state index is 12.2. The molecule has 21 heavy (non-hydrogen) atoms. The van der Waals surface area contributed by atoms with Crippen LogP contribution in [0.1, 0.15) is 35.2 Å². The second-order valence-electron chi connectivity index (χ2n) is 5.81. The normalized spacial score (nSPS) is 16.0. The molecule has 0 atom stereocenters. The number of benzene rings is 2. The molecule has 0 aromatic heterocycles. The highest BCUT2D eigenvalue weighted by molar-refractivity contribution is 5.95. The van der Waals surface area contributed by atoms with Crippen molar-refractivity contribution in [1.29, 1.82) is 0 Å². The van der Waals surface area contributed by atoms with E-state index in [4.69, 9.17) is 5.73 Å². The molecule has 1 saturated carbocycles. The summed E-state index contributed by atoms with van der Waals surface area (Å²) in [6, 6.07) is 17.6. The van der Waals surface area contributed by atoms with Crippen molar-refractivity contribution >= 4 is 11.6 Å². The van der Waals surface area contributed by atoms with E-state index in [1.165, 1.54) is 12.0 Å². The zero-order chi connectivity index (χ0) is 14.7. The van der Waals surface area contributed by atoms with Crippen molar-refractivity contribution in [3.8, 4) is 0 Å². The minimum absolute atomic E-state index is 0.0514. The quantitative estimate of drug-likeness (QED) is 0.845. The summed E-state index contributed by atoms with van der Waals surface area (Å²) in [6.07, 6.45) is 3.49. The van der Waals surface area contributed by atoms with Crippen LogP contribution in [0, 0.1) is 0 Å². The van der Waals surface area contributed by atoms with Gasteiger partial charge < -0.3 is 11.1 Å². The maximum atomic E-state index is 12.2. The van der Waals surface area contributed by atoms with Crippen LogP contribution in [0.2, 0.25) is 0 Å². The topological polar surface area (TPSA) is 55.1 Å². The van der Waals surface area contributed by atoms with Gasteiger partial charge in [0.25, 0.3) is 5.91 Å². The van der Waals surface area contributed by atoms with Crippen LogP contribution in [0.3, 0.4) is 0 Å². The smallest absolute Gasteiger partial charge is 0.251 e. The van der Waals surface area contributed by atoms with Crippen molar-refractivity contribution in [3.05, 3.63) is 65.7 Å². The maximum Gasteiger partial charge on any atom is 0.251 e. The summed E-state index contributed by atoms with van der Waals surface area (Å²) in [6.45, 7) is 0.685. The van der Waals surface area contributed by atoms with Crippen molar-refractivity contribution in [2.75, 3.05) is 12.3 Å². The Kier molecular flexibility index (Phi) is 3.65. The van der Waals surface area contributed by atoms with Gasteiger partial charge >= 0.3 is 0 Å². The second kappa shape index (κ2) is 5.60. The highest BCUT2D eigenvalue weighted by Crippen LogP contribution is 2.43. The first-order chi connectivity index (χ1) is 10.2. The first kappa shape index (κ1) is 13.7. The molecule has 1 aliphatic carbocycles. The molecule has 2 aromatic rings. The first-order valence-corrected chi connectivity index (χ1v) is 7.39. The average molecular weight is 280 g/mol. The van der Waals surface area contributed by atoms with Crippen LogP contribution < -0.4 is 11.1 Å². The Bertz CT molecular complexity index is 633. The van der Waals surface area contributed by atoms with Crippen molar-refractivity contribution in [2.24, 2.45) is 0 Å². The van der Waals surface area contributed by atoms with E-state index >= 15 is 0 Å². The Morgan fingerprint density at radius 1 is 1.10 bits per heavy atom. The highest BCUT2D eigenvalue weighted by Gasteiger charge is 2.38. The van der Waals surface area contributed by atoms with Crippen molar-refractivity contribution in [1.82, 2.24) is 5.32 Å². The van der Waals surface area contributed by atoms with E-state index in [-0.39, 0.29) is 11.3 Å². The lowest BCUT2D eigenvalue weighted by molar-refractivity contribution is 0.0928. The fraction of sp³-hybridized carbons (Fsp3) is 0.278. The minimum Gasteiger partial charge on any atom is -0.399 e. The molecule has 0 bridgehead atoms. The zero-order valence-corrected chi connectivity index (χ0v) is 12.0. The van der Waals surface area contributed by atoms with E-state index in [1.807, 2.05) is 6.07 Å². The van der Waals surface area contributed by atoms with Crippen molar-refractivity contribution < 1.29 is 4.79 Å². The Morgan fingerprint density at radius 2 is 1.86 bits per heavy atom. The molecule has 1 amide bonds. The summed E-state index contributed by atoms with van der Waals surface area (Å²) in [7, 11) is 0. The minimum atomic E-state index is -0.0514. The average Bonchev–Trinajstić information content (AvgIpc) is 2.47. The molecule has 0 saturated heterocycles. The van der Waals surface area contributed by atoms with E-state index in [0.29, 0.717) is 17.8 Å². The molecule has 1 fully saturated rings. The molecule has 0 aliphatic heterocycles. The van der Waals surface area contributed by atoms with E-state index in [1.54, 1.807) is 24.3 Å². The summed E-state index contributed by atoms with van der Waals surface area (Å²) in [5, 5.41) is 3.07. The molecule has 3 N–H and O–H groups in total. The molecular weight excluding hydrogens is 260 g/mol. The summed E-state index contributed by atoms with van der Waals surface area (Å²) < 4.78 is 0. The number of nitrogen functional groups attached to an aromatic ring is 1. The second-order valence-corrected chi connectivity index (χ2v) is 5.81. The summed E-state index contributed by atoms with van der Waals surface area (Å²) in [5.74, 6) is -0.0514. The van der Waals surface area contributed by atoms with Crippen LogP contribution >= 0.6 is 0 Å². The number of nitrogens with one attached hydrogen (secondary N) is 1. The SMILES string of the molecule is Nc1cccc(C(=O)NCC2(c3ccccc3)CCC2)c1. The Hall–Kier alpha value is -2.29. The van der Waals surface area contributed by atoms with Gasteiger partial charge in [0.15, 0.2) is 0 Å². The predicted octanol–water partition coefficient (Wildman–Crippen LogP) is 3.12. The number of rotatable bonds is 4. The molecule has 0 radical (unpaired) electrons. The number of hydrogen-bond acceptors (Lipinski definition) is 2. The molecule has 3 nitrogen and oxygen atoms in total. The van der Waals surface area contributed by atoms with Crippen LogP contribution in [-0.2, 0) is 5.41 Å². The molecule has 0 unspecified atom stereocenters. The van der Waals surface area contributed by atoms with Gasteiger partial charge in [0, 0.05) is 23.2 Å². The highest BCUT2D eigenvalue weighted by atomic mass is 16.1. The van der Waals surface area contributed by atoms with Crippen LogP contribution in [0.4, 0.5) is 5.69 Å². The zero-order valence-electron chi connectivity index (χ0n) is 12.0. The largest absolute Gasteiger partial charge is 0.399 e. The number of hydrogen-bond donors (Lipinski definition) is 2. The first-order valence-electron chi connectivity index (χ1n) is 7.39. The third-order valence-corrected chi connectivity index (χ3v) is 4.43. The summed E-state index contributed by atoms with van der Waals surface area (Å²) in [4.78, 5) is 12.2. The fourth-order valence-corrected chi connectivity index (χ4v) is 2.99. The molecule has 0 spiro atoms. The third kappa shape index (κ3) is 2.77. The van der Waals surface area contributed by atoms with Gasteiger partial charge in [-0.1, -0.05) is 42.8 Å². The van der Waals surface area contributed by atoms with Gasteiger partial charge in [-0.2, -0.15) is 0 Å². The molecule has 2 aromatic carbocycles. The predicted molar refractivity (Wildman–Crippen MR) is 85.2 cm³/mol. The number of carbonyl (C=O) groups is 1. The summed E-state index contributed by atoms with van der Waals surface area (Å²) in [5.41, 5.74) is 8.40. The van der Waals surface area contributed by atoms with E-state index in [2.05, 4.69) is 29.6 Å². The van der Waals surface area contributed by atoms with Crippen molar-refractivity contribution in [2.45, 2.75) is 24.7 Å². The Balaban J connectivity index is 1.70. The lowest BCUT2D eigenvalue weighted by atomic mass is 9.64. The Labute approximate surface area is 125 Å². The van der Waals surface area contributed by atoms with E-state index in [0.717, 1.165) is 12.8 Å². The van der Waals surface area contributed by atoms with Gasteiger partial charge in [0.2, 0.25) is 0 Å². The van der Waals surface area contributed by atoms with Crippen LogP contribution in [0.15, 0.2) is 54.6 Å². The molecule has 3 heteroatoms. The van der Waals surface area contributed by atoms with Gasteiger partial charge in [0.1, 0.15) is 0 Å². The van der Waals surface area contributed by atoms with Crippen LogP contribution in [0.5, 0.6) is 0 Å². The van der Waals surface area contributed by atoms with Gasteiger partial charge in [-0.3, -0.25) is 4.79 Å². The third-order valence-electron chi connectivity index (χ3n) is 4.43. The number of anilines is 1. The lowest BCUT2D eigenvalue weighted by Crippen LogP contribution is -2.45. The van der Waals surface area contributed by atoms with E-state index in [9.17, 15) is 4.79 Å². The number of nitrogens with two attached hydrogens (primary N) is 1. The van der Waals surface area contributed by atoms with Crippen LogP contribution in [0.25, 0.3) is 0 Å².